The molecule has 0 unspecified atom stereocenters. The summed E-state index contributed by atoms with van der Waals surface area (Å²) in [5.41, 5.74) is 5.40. The van der Waals surface area contributed by atoms with E-state index in [1.165, 1.54) is 10.9 Å². The summed E-state index contributed by atoms with van der Waals surface area (Å²) in [6.45, 7) is 3.33. The summed E-state index contributed by atoms with van der Waals surface area (Å²) in [4.78, 5) is 21.9. The van der Waals surface area contributed by atoms with Crippen molar-refractivity contribution >= 4 is 17.1 Å². The fourth-order valence-corrected chi connectivity index (χ4v) is 2.76. The lowest BCUT2D eigenvalue weighted by molar-refractivity contribution is 0.0426. The second kappa shape index (κ2) is 4.64. The lowest BCUT2D eigenvalue weighted by Crippen LogP contribution is -2.27. The molecular weight excluding hydrogens is 281 g/mol. The number of aromatic amines is 1. The molecule has 1 aliphatic carbocycles. The normalized spacial score (nSPS) is 29.4. The summed E-state index contributed by atoms with van der Waals surface area (Å²) < 4.78 is 15.7. The predicted octanol–water partition coefficient (Wildman–Crippen LogP) is -0.880. The van der Waals surface area contributed by atoms with E-state index in [-0.39, 0.29) is 17.1 Å². The molecule has 2 aromatic rings. The quantitative estimate of drug-likeness (QED) is 0.532. The van der Waals surface area contributed by atoms with Crippen LogP contribution in [0.15, 0.2) is 23.3 Å². The Morgan fingerprint density at radius 2 is 2.29 bits per heavy atom. The number of nitrogen functional groups attached to an aromatic ring is 1. The van der Waals surface area contributed by atoms with Gasteiger partial charge in [-0.3, -0.25) is 9.78 Å². The summed E-state index contributed by atoms with van der Waals surface area (Å²) in [6, 6.07) is -0.962. The van der Waals surface area contributed by atoms with E-state index in [9.17, 15) is 19.4 Å². The van der Waals surface area contributed by atoms with Crippen molar-refractivity contribution in [3.8, 4) is 0 Å². The lowest BCUT2D eigenvalue weighted by atomic mass is 10.0. The number of anilines is 1. The smallest absolute Gasteiger partial charge is 0.280 e. The molecule has 0 spiro atoms. The molecule has 0 amide bonds. The van der Waals surface area contributed by atoms with Crippen molar-refractivity contribution in [3.63, 3.8) is 0 Å². The van der Waals surface area contributed by atoms with Crippen LogP contribution in [0.2, 0.25) is 0 Å². The van der Waals surface area contributed by atoms with E-state index < -0.39 is 36.4 Å². The van der Waals surface area contributed by atoms with Gasteiger partial charge in [0.2, 0.25) is 5.95 Å². The van der Waals surface area contributed by atoms with Crippen LogP contribution < -0.4 is 11.3 Å². The molecule has 4 atom stereocenters. The zero-order chi connectivity index (χ0) is 15.3. The van der Waals surface area contributed by atoms with Crippen LogP contribution in [-0.2, 0) is 0 Å². The van der Waals surface area contributed by atoms with Crippen LogP contribution >= 0.6 is 0 Å². The highest BCUT2D eigenvalue weighted by Crippen LogP contribution is 2.41. The van der Waals surface area contributed by atoms with Crippen molar-refractivity contribution in [3.05, 3.63) is 28.8 Å². The Morgan fingerprint density at radius 1 is 1.57 bits per heavy atom. The number of aromatic nitrogens is 4. The van der Waals surface area contributed by atoms with Crippen LogP contribution in [0.4, 0.5) is 10.3 Å². The number of hydrogen-bond donors (Lipinski definition) is 4. The molecule has 0 radical (unpaired) electrons. The van der Waals surface area contributed by atoms with Crippen molar-refractivity contribution in [1.29, 1.82) is 0 Å². The number of imidazole rings is 1. The van der Waals surface area contributed by atoms with Crippen LogP contribution in [0.1, 0.15) is 6.04 Å². The molecule has 9 heteroatoms. The molecule has 8 nitrogen and oxygen atoms in total. The number of nitrogens with one attached hydrogen (secondary N) is 1. The Hall–Kier alpha value is -2.26. The van der Waals surface area contributed by atoms with Gasteiger partial charge in [0.25, 0.3) is 5.56 Å². The third-order valence-electron chi connectivity index (χ3n) is 3.84. The van der Waals surface area contributed by atoms with Crippen molar-refractivity contribution in [2.45, 2.75) is 18.3 Å². The number of fused-ring (bicyclic) bond motifs is 1. The van der Waals surface area contributed by atoms with Gasteiger partial charge in [-0.1, -0.05) is 6.58 Å². The molecule has 2 heterocycles. The van der Waals surface area contributed by atoms with Gasteiger partial charge in [-0.05, 0) is 5.57 Å². The van der Waals surface area contributed by atoms with E-state index in [0.29, 0.717) is 5.57 Å². The average Bonchev–Trinajstić information content (AvgIpc) is 2.91. The largest absolute Gasteiger partial charge is 0.396 e. The van der Waals surface area contributed by atoms with Gasteiger partial charge in [0.1, 0.15) is 0 Å². The third-order valence-corrected chi connectivity index (χ3v) is 3.84. The van der Waals surface area contributed by atoms with E-state index in [4.69, 9.17) is 5.73 Å². The number of H-pyrrole nitrogens is 1. The molecule has 112 valence electrons. The first-order chi connectivity index (χ1) is 9.95. The van der Waals surface area contributed by atoms with Gasteiger partial charge in [-0.2, -0.15) is 4.98 Å². The topological polar surface area (TPSA) is 130 Å². The second-order valence-electron chi connectivity index (χ2n) is 5.02. The summed E-state index contributed by atoms with van der Waals surface area (Å²) >= 11 is 0. The maximum Gasteiger partial charge on any atom is 0.280 e. The molecule has 1 aliphatic rings. The molecule has 0 bridgehead atoms. The number of nitrogens with two attached hydrogens (primary N) is 1. The highest BCUT2D eigenvalue weighted by atomic mass is 19.1. The van der Waals surface area contributed by atoms with Gasteiger partial charge in [-0.25, -0.2) is 9.37 Å². The minimum Gasteiger partial charge on any atom is -0.396 e. The Balaban J connectivity index is 2.17. The Kier molecular flexibility index (Phi) is 3.03. The molecule has 21 heavy (non-hydrogen) atoms. The van der Waals surface area contributed by atoms with E-state index in [1.54, 1.807) is 0 Å². The van der Waals surface area contributed by atoms with Gasteiger partial charge >= 0.3 is 0 Å². The Labute approximate surface area is 117 Å². The van der Waals surface area contributed by atoms with Gasteiger partial charge in [0, 0.05) is 5.92 Å². The van der Waals surface area contributed by atoms with Crippen LogP contribution in [0, 0.1) is 5.92 Å². The molecule has 1 saturated carbocycles. The summed E-state index contributed by atoms with van der Waals surface area (Å²) in [5.74, 6) is -0.894. The van der Waals surface area contributed by atoms with Crippen LogP contribution in [-0.4, -0.2) is 48.6 Å². The average molecular weight is 295 g/mol. The maximum atomic E-state index is 14.3. The molecular formula is C12H14FN5O3. The van der Waals surface area contributed by atoms with Crippen LogP contribution in [0.25, 0.3) is 11.2 Å². The minimum absolute atomic E-state index is 0.0196. The zero-order valence-electron chi connectivity index (χ0n) is 10.9. The van der Waals surface area contributed by atoms with E-state index >= 15 is 0 Å². The number of alkyl halides is 1. The van der Waals surface area contributed by atoms with Crippen LogP contribution in [0.3, 0.4) is 0 Å². The molecule has 0 saturated heterocycles. The summed E-state index contributed by atoms with van der Waals surface area (Å²) in [7, 11) is 0. The minimum atomic E-state index is -1.69. The monoisotopic (exact) mass is 295 g/mol. The van der Waals surface area contributed by atoms with Crippen molar-refractivity contribution in [2.75, 3.05) is 12.3 Å². The lowest BCUT2D eigenvalue weighted by Gasteiger charge is -2.17. The summed E-state index contributed by atoms with van der Waals surface area (Å²) in [6.07, 6.45) is -1.81. The summed E-state index contributed by atoms with van der Waals surface area (Å²) in [5, 5.41) is 19.1. The molecule has 3 rings (SSSR count). The Bertz CT molecular complexity index is 770. The van der Waals surface area contributed by atoms with Crippen molar-refractivity contribution in [2.24, 2.45) is 5.92 Å². The fourth-order valence-electron chi connectivity index (χ4n) is 2.76. The number of hydrogen-bond acceptors (Lipinski definition) is 6. The Morgan fingerprint density at radius 3 is 2.90 bits per heavy atom. The van der Waals surface area contributed by atoms with Gasteiger partial charge in [-0.15, -0.1) is 0 Å². The highest BCUT2D eigenvalue weighted by molar-refractivity contribution is 5.71. The highest BCUT2D eigenvalue weighted by Gasteiger charge is 2.47. The molecule has 0 aliphatic heterocycles. The standard InChI is InChI=1S/C12H14FN5O3/c1-4-5(2-19)9(20)6(13)8(4)18-3-15-7-10(18)16-12(14)17-11(7)21/h3,5-6,8-9,19-20H,1-2H2,(H3,14,16,17,21)/t5-,6+,8+,9+/m0/s1. The molecule has 5 N–H and O–H groups in total. The molecule has 2 aromatic heterocycles. The number of nitrogens with zero attached hydrogens (tertiary/aromatic N) is 3. The zero-order valence-corrected chi connectivity index (χ0v) is 10.9. The number of aliphatic hydroxyl groups is 2. The van der Waals surface area contributed by atoms with Gasteiger partial charge in [0.15, 0.2) is 17.3 Å². The number of aliphatic hydroxyl groups excluding tert-OH is 2. The second-order valence-corrected chi connectivity index (χ2v) is 5.02. The van der Waals surface area contributed by atoms with Gasteiger partial charge in [0.05, 0.1) is 25.1 Å². The van der Waals surface area contributed by atoms with E-state index in [2.05, 4.69) is 21.5 Å². The molecule has 1 fully saturated rings. The van der Waals surface area contributed by atoms with Gasteiger partial charge < -0.3 is 20.5 Å². The number of rotatable bonds is 2. The fraction of sp³-hybridized carbons (Fsp3) is 0.417. The first-order valence-electron chi connectivity index (χ1n) is 6.29. The first kappa shape index (κ1) is 13.7. The SMILES string of the molecule is C=C1[C@@H](n2cnc3c(=O)[nH]c(N)nc32)[C@@H](F)[C@H](O)[C@H]1CO. The van der Waals surface area contributed by atoms with E-state index in [1.807, 2.05) is 0 Å². The molecule has 0 aromatic carbocycles. The van der Waals surface area contributed by atoms with E-state index in [0.717, 1.165) is 0 Å². The van der Waals surface area contributed by atoms with Crippen molar-refractivity contribution in [1.82, 2.24) is 19.5 Å². The maximum absolute atomic E-state index is 14.3. The first-order valence-corrected chi connectivity index (χ1v) is 6.29. The van der Waals surface area contributed by atoms with Crippen molar-refractivity contribution < 1.29 is 14.6 Å². The third kappa shape index (κ3) is 1.85. The van der Waals surface area contributed by atoms with Crippen LogP contribution in [0.5, 0.6) is 0 Å². The predicted molar refractivity (Wildman–Crippen MR) is 72.2 cm³/mol. The number of halogens is 1.